The van der Waals surface area contributed by atoms with Gasteiger partial charge in [-0.15, -0.1) is 11.3 Å². The lowest BCUT2D eigenvalue weighted by molar-refractivity contribution is 0.451. The smallest absolute Gasteiger partial charge is 0.205 e. The van der Waals surface area contributed by atoms with Crippen molar-refractivity contribution in [3.05, 3.63) is 63.2 Å². The Balaban J connectivity index is 2.07. The zero-order chi connectivity index (χ0) is 17.1. The quantitative estimate of drug-likeness (QED) is 0.700. The van der Waals surface area contributed by atoms with E-state index in [0.717, 1.165) is 5.56 Å². The summed E-state index contributed by atoms with van der Waals surface area (Å²) in [5.41, 5.74) is 2.14. The Labute approximate surface area is 147 Å². The second-order valence-electron chi connectivity index (χ2n) is 4.94. The number of aromatic nitrogens is 1. The summed E-state index contributed by atoms with van der Waals surface area (Å²) in [6.45, 7) is 0. The molecule has 0 saturated heterocycles. The third-order valence-corrected chi connectivity index (χ3v) is 4.49. The number of benzene rings is 2. The highest BCUT2D eigenvalue weighted by molar-refractivity contribution is 7.07. The minimum Gasteiger partial charge on any atom is -0.508 e. The van der Waals surface area contributed by atoms with Crippen molar-refractivity contribution in [1.82, 2.24) is 4.68 Å². The van der Waals surface area contributed by atoms with Crippen molar-refractivity contribution in [3.8, 4) is 22.8 Å². The molecule has 2 aromatic carbocycles. The van der Waals surface area contributed by atoms with Crippen LogP contribution in [0, 0.1) is 0 Å². The number of halogens is 1. The van der Waals surface area contributed by atoms with Gasteiger partial charge in [-0.25, -0.2) is 4.68 Å². The summed E-state index contributed by atoms with van der Waals surface area (Å²) in [5.74, 6) is -0.0195. The van der Waals surface area contributed by atoms with Crippen molar-refractivity contribution in [2.45, 2.75) is 0 Å². The van der Waals surface area contributed by atoms with E-state index < -0.39 is 0 Å². The fourth-order valence-corrected chi connectivity index (χ4v) is 3.08. The predicted molar refractivity (Wildman–Crippen MR) is 97.0 cm³/mol. The van der Waals surface area contributed by atoms with Crippen molar-refractivity contribution in [1.29, 1.82) is 0 Å². The molecule has 7 heteroatoms. The van der Waals surface area contributed by atoms with Crippen LogP contribution in [0.5, 0.6) is 11.5 Å². The predicted octanol–water partition coefficient (Wildman–Crippen LogP) is 3.69. The Morgan fingerprint density at radius 3 is 2.54 bits per heavy atom. The van der Waals surface area contributed by atoms with Gasteiger partial charge in [-0.05, 0) is 29.8 Å². The second-order valence-corrected chi connectivity index (χ2v) is 6.21. The molecule has 0 aliphatic heterocycles. The molecule has 24 heavy (non-hydrogen) atoms. The van der Waals surface area contributed by atoms with E-state index in [2.05, 4.69) is 10.1 Å². The molecule has 1 aromatic heterocycles. The van der Waals surface area contributed by atoms with E-state index in [1.807, 2.05) is 17.5 Å². The molecule has 0 aliphatic carbocycles. The van der Waals surface area contributed by atoms with Crippen LogP contribution in [0.15, 0.2) is 57.9 Å². The van der Waals surface area contributed by atoms with Crippen molar-refractivity contribution in [2.75, 3.05) is 7.05 Å². The Morgan fingerprint density at radius 1 is 1.12 bits per heavy atom. The normalized spacial score (nSPS) is 12.2. The summed E-state index contributed by atoms with van der Waals surface area (Å²) in [7, 11) is 1.68. The molecule has 3 rings (SSSR count). The van der Waals surface area contributed by atoms with Crippen molar-refractivity contribution in [2.24, 2.45) is 10.1 Å². The Kier molecular flexibility index (Phi) is 4.69. The van der Waals surface area contributed by atoms with E-state index >= 15 is 0 Å². The number of nitrogens with zero attached hydrogens (tertiary/aromatic N) is 3. The van der Waals surface area contributed by atoms with Gasteiger partial charge >= 0.3 is 0 Å². The molecule has 0 unspecified atom stereocenters. The first-order chi connectivity index (χ1) is 11.6. The highest BCUT2D eigenvalue weighted by Crippen LogP contribution is 2.32. The van der Waals surface area contributed by atoms with Crippen LogP contribution in [0.1, 0.15) is 5.56 Å². The fraction of sp³-hybridized carbons (Fsp3) is 0.0588. The van der Waals surface area contributed by atoms with E-state index in [4.69, 9.17) is 11.6 Å². The maximum atomic E-state index is 10.1. The molecule has 122 valence electrons. The molecular formula is C17H14ClN3O2S. The second kappa shape index (κ2) is 6.90. The third-order valence-electron chi connectivity index (χ3n) is 3.33. The van der Waals surface area contributed by atoms with Gasteiger partial charge < -0.3 is 10.2 Å². The molecule has 0 atom stereocenters. The van der Waals surface area contributed by atoms with Crippen molar-refractivity contribution < 1.29 is 10.2 Å². The first-order valence-corrected chi connectivity index (χ1v) is 8.30. The summed E-state index contributed by atoms with van der Waals surface area (Å²) in [5, 5.41) is 26.5. The maximum Gasteiger partial charge on any atom is 0.205 e. The number of phenols is 2. The van der Waals surface area contributed by atoms with Crippen LogP contribution in [0.25, 0.3) is 11.3 Å². The molecule has 3 aromatic rings. The topological polar surface area (TPSA) is 70.1 Å². The molecular weight excluding hydrogens is 346 g/mol. The van der Waals surface area contributed by atoms with Gasteiger partial charge in [0.05, 0.1) is 11.9 Å². The van der Waals surface area contributed by atoms with Gasteiger partial charge in [-0.2, -0.15) is 5.10 Å². The molecule has 0 spiro atoms. The highest BCUT2D eigenvalue weighted by atomic mass is 35.5. The zero-order valence-electron chi connectivity index (χ0n) is 12.7. The average Bonchev–Trinajstić information content (AvgIpc) is 2.97. The molecule has 1 heterocycles. The maximum absolute atomic E-state index is 10.1. The van der Waals surface area contributed by atoms with E-state index in [0.29, 0.717) is 21.1 Å². The summed E-state index contributed by atoms with van der Waals surface area (Å²) in [6.07, 6.45) is 1.69. The number of rotatable bonds is 3. The van der Waals surface area contributed by atoms with Crippen molar-refractivity contribution >= 4 is 29.2 Å². The van der Waals surface area contributed by atoms with Crippen LogP contribution < -0.4 is 4.80 Å². The van der Waals surface area contributed by atoms with Gasteiger partial charge in [0.25, 0.3) is 0 Å². The molecule has 0 fully saturated rings. The standard InChI is InChI=1S/C17H14ClN3O2S/c1-19-17-21(20-9-11-2-4-12(18)5-3-11)15(10-24-17)14-7-6-13(22)8-16(14)23/h2-10,22-23H,1H3/b19-17?,20-9+. The lowest BCUT2D eigenvalue weighted by atomic mass is 10.1. The first-order valence-electron chi connectivity index (χ1n) is 7.04. The lowest BCUT2D eigenvalue weighted by Gasteiger charge is -2.06. The molecule has 2 N–H and O–H groups in total. The van der Waals surface area contributed by atoms with Crippen LogP contribution >= 0.6 is 22.9 Å². The number of aromatic hydroxyl groups is 2. The third kappa shape index (κ3) is 3.34. The highest BCUT2D eigenvalue weighted by Gasteiger charge is 2.11. The van der Waals surface area contributed by atoms with Gasteiger partial charge in [-0.3, -0.25) is 4.99 Å². The number of phenolic OH excluding ortho intramolecular Hbond substituents is 2. The fourth-order valence-electron chi connectivity index (χ4n) is 2.16. The van der Waals surface area contributed by atoms with Crippen LogP contribution in [0.4, 0.5) is 0 Å². The molecule has 0 aliphatic rings. The SMILES string of the molecule is CN=c1scc(-c2ccc(O)cc2O)n1/N=C/c1ccc(Cl)cc1. The van der Waals surface area contributed by atoms with Gasteiger partial charge in [0.2, 0.25) is 4.80 Å². The number of thiazole rings is 1. The van der Waals surface area contributed by atoms with E-state index in [9.17, 15) is 10.2 Å². The van der Waals surface area contributed by atoms with E-state index in [1.54, 1.807) is 36.1 Å². The molecule has 0 radical (unpaired) electrons. The molecule has 0 saturated carbocycles. The minimum absolute atomic E-state index is 0.00287. The summed E-state index contributed by atoms with van der Waals surface area (Å²) in [6, 6.07) is 11.8. The molecule has 0 bridgehead atoms. The van der Waals surface area contributed by atoms with Gasteiger partial charge in [0.15, 0.2) is 0 Å². The Morgan fingerprint density at radius 2 is 1.88 bits per heavy atom. The molecule has 0 amide bonds. The summed E-state index contributed by atoms with van der Waals surface area (Å²) >= 11 is 7.29. The van der Waals surface area contributed by atoms with Crippen LogP contribution in [0.2, 0.25) is 5.02 Å². The number of hydrogen-bond acceptors (Lipinski definition) is 5. The van der Waals surface area contributed by atoms with Crippen LogP contribution in [-0.2, 0) is 0 Å². The van der Waals surface area contributed by atoms with Gasteiger partial charge in [0, 0.05) is 29.1 Å². The minimum atomic E-state index is -0.0223. The zero-order valence-corrected chi connectivity index (χ0v) is 14.3. The Bertz CT molecular complexity index is 959. The average molecular weight is 360 g/mol. The summed E-state index contributed by atoms with van der Waals surface area (Å²) < 4.78 is 1.64. The summed E-state index contributed by atoms with van der Waals surface area (Å²) in [4.78, 5) is 4.89. The van der Waals surface area contributed by atoms with Gasteiger partial charge in [0.1, 0.15) is 11.5 Å². The van der Waals surface area contributed by atoms with Crippen molar-refractivity contribution in [3.63, 3.8) is 0 Å². The Hall–Kier alpha value is -2.57. The van der Waals surface area contributed by atoms with E-state index in [-0.39, 0.29) is 11.5 Å². The van der Waals surface area contributed by atoms with Gasteiger partial charge in [-0.1, -0.05) is 23.7 Å². The van der Waals surface area contributed by atoms with Crippen LogP contribution in [0.3, 0.4) is 0 Å². The number of hydrogen-bond donors (Lipinski definition) is 2. The lowest BCUT2D eigenvalue weighted by Crippen LogP contribution is -2.11. The van der Waals surface area contributed by atoms with Crippen LogP contribution in [-0.4, -0.2) is 28.2 Å². The monoisotopic (exact) mass is 359 g/mol. The molecule has 5 nitrogen and oxygen atoms in total. The first kappa shape index (κ1) is 16.3. The largest absolute Gasteiger partial charge is 0.508 e. The van der Waals surface area contributed by atoms with E-state index in [1.165, 1.54) is 23.5 Å².